The molecule has 0 atom stereocenters. The molecule has 1 saturated heterocycles. The van der Waals surface area contributed by atoms with Crippen LogP contribution in [0, 0.1) is 6.92 Å². The lowest BCUT2D eigenvalue weighted by Crippen LogP contribution is -2.36. The normalized spacial score (nSPS) is 17.3. The first-order chi connectivity index (χ1) is 12.4. The standard InChI is InChI=1S/C17H22Cl2N4O2S/c1-14-12-17(16(19)13-15(14)18)26(24,25)23-7-3-5-21(9-11-23)8-10-22-6-2-4-20-22/h2,4,6,12-13H,3,5,7-11H2,1H3. The Morgan fingerprint density at radius 3 is 2.62 bits per heavy atom. The summed E-state index contributed by atoms with van der Waals surface area (Å²) in [6.07, 6.45) is 4.47. The second-order valence-corrected chi connectivity index (χ2v) is 9.12. The summed E-state index contributed by atoms with van der Waals surface area (Å²) < 4.78 is 29.5. The van der Waals surface area contributed by atoms with Crippen LogP contribution in [0.5, 0.6) is 0 Å². The molecule has 1 aliphatic heterocycles. The zero-order valence-electron chi connectivity index (χ0n) is 14.6. The highest BCUT2D eigenvalue weighted by Crippen LogP contribution is 2.30. The number of benzene rings is 1. The molecule has 0 radical (unpaired) electrons. The fourth-order valence-corrected chi connectivity index (χ4v) is 5.33. The molecule has 1 fully saturated rings. The van der Waals surface area contributed by atoms with Crippen LogP contribution in [0.1, 0.15) is 12.0 Å². The maximum absolute atomic E-state index is 13.0. The van der Waals surface area contributed by atoms with Crippen LogP contribution in [0.3, 0.4) is 0 Å². The minimum atomic E-state index is -3.64. The van der Waals surface area contributed by atoms with E-state index in [0.29, 0.717) is 30.2 Å². The van der Waals surface area contributed by atoms with E-state index in [2.05, 4.69) is 10.00 Å². The number of aromatic nitrogens is 2. The average molecular weight is 417 g/mol. The number of aryl methyl sites for hydroxylation is 1. The van der Waals surface area contributed by atoms with Crippen LogP contribution in [0.2, 0.25) is 10.0 Å². The maximum atomic E-state index is 13.0. The molecule has 6 nitrogen and oxygen atoms in total. The first-order valence-corrected chi connectivity index (χ1v) is 10.7. The Hall–Kier alpha value is -1.12. The number of nitrogens with zero attached hydrogens (tertiary/aromatic N) is 4. The molecule has 1 aromatic carbocycles. The second-order valence-electron chi connectivity index (χ2n) is 6.40. The van der Waals surface area contributed by atoms with E-state index in [1.54, 1.807) is 19.2 Å². The van der Waals surface area contributed by atoms with Crippen LogP contribution in [0.25, 0.3) is 0 Å². The minimum absolute atomic E-state index is 0.131. The van der Waals surface area contributed by atoms with Gasteiger partial charge < -0.3 is 4.90 Å². The number of sulfonamides is 1. The molecular formula is C17H22Cl2N4O2S. The summed E-state index contributed by atoms with van der Waals surface area (Å²) in [6, 6.07) is 4.95. The third kappa shape index (κ3) is 4.40. The second kappa shape index (κ2) is 8.27. The first kappa shape index (κ1) is 19.6. The van der Waals surface area contributed by atoms with Crippen LogP contribution in [-0.2, 0) is 16.6 Å². The lowest BCUT2D eigenvalue weighted by Gasteiger charge is -2.22. The SMILES string of the molecule is Cc1cc(S(=O)(=O)N2CCCN(CCn3cccn3)CC2)c(Cl)cc1Cl. The van der Waals surface area contributed by atoms with Gasteiger partial charge in [-0.2, -0.15) is 9.40 Å². The van der Waals surface area contributed by atoms with Gasteiger partial charge in [0.1, 0.15) is 4.90 Å². The molecule has 0 N–H and O–H groups in total. The highest BCUT2D eigenvalue weighted by Gasteiger charge is 2.29. The van der Waals surface area contributed by atoms with Crippen LogP contribution < -0.4 is 0 Å². The van der Waals surface area contributed by atoms with Gasteiger partial charge in [-0.25, -0.2) is 8.42 Å². The Bertz CT molecular complexity index is 856. The number of rotatable bonds is 5. The van der Waals surface area contributed by atoms with Crippen molar-refractivity contribution >= 4 is 33.2 Å². The van der Waals surface area contributed by atoms with Gasteiger partial charge in [0.05, 0.1) is 11.6 Å². The molecule has 0 amide bonds. The third-order valence-corrected chi connectivity index (χ3v) is 7.35. The van der Waals surface area contributed by atoms with Crippen LogP contribution in [0.4, 0.5) is 0 Å². The van der Waals surface area contributed by atoms with Crippen molar-refractivity contribution in [3.05, 3.63) is 46.2 Å². The van der Waals surface area contributed by atoms with Crippen LogP contribution in [-0.4, -0.2) is 60.1 Å². The van der Waals surface area contributed by atoms with Crippen molar-refractivity contribution in [1.29, 1.82) is 0 Å². The third-order valence-electron chi connectivity index (χ3n) is 4.58. The topological polar surface area (TPSA) is 58.4 Å². The zero-order chi connectivity index (χ0) is 18.7. The fraction of sp³-hybridized carbons (Fsp3) is 0.471. The lowest BCUT2D eigenvalue weighted by molar-refractivity contribution is 0.270. The molecule has 1 aromatic heterocycles. The number of hydrogen-bond donors (Lipinski definition) is 0. The first-order valence-electron chi connectivity index (χ1n) is 8.53. The highest BCUT2D eigenvalue weighted by molar-refractivity contribution is 7.89. The quantitative estimate of drug-likeness (QED) is 0.751. The maximum Gasteiger partial charge on any atom is 0.244 e. The Morgan fingerprint density at radius 1 is 1.08 bits per heavy atom. The summed E-state index contributed by atoms with van der Waals surface area (Å²) in [4.78, 5) is 2.40. The summed E-state index contributed by atoms with van der Waals surface area (Å²) in [5.41, 5.74) is 0.699. The lowest BCUT2D eigenvalue weighted by atomic mass is 10.2. The summed E-state index contributed by atoms with van der Waals surface area (Å²) in [7, 11) is -3.64. The largest absolute Gasteiger partial charge is 0.300 e. The molecule has 0 unspecified atom stereocenters. The smallest absolute Gasteiger partial charge is 0.244 e. The van der Waals surface area contributed by atoms with Crippen molar-refractivity contribution in [3.63, 3.8) is 0 Å². The predicted octanol–water partition coefficient (Wildman–Crippen LogP) is 2.89. The molecule has 0 spiro atoms. The van der Waals surface area contributed by atoms with Gasteiger partial charge in [0.15, 0.2) is 0 Å². The molecule has 2 aromatic rings. The molecule has 2 heterocycles. The molecule has 0 aliphatic carbocycles. The molecule has 26 heavy (non-hydrogen) atoms. The van der Waals surface area contributed by atoms with E-state index < -0.39 is 10.0 Å². The Labute approximate surface area is 164 Å². The van der Waals surface area contributed by atoms with E-state index in [4.69, 9.17) is 23.2 Å². The molecule has 1 aliphatic rings. The van der Waals surface area contributed by atoms with Crippen molar-refractivity contribution < 1.29 is 8.42 Å². The van der Waals surface area contributed by atoms with E-state index >= 15 is 0 Å². The summed E-state index contributed by atoms with van der Waals surface area (Å²) >= 11 is 12.2. The van der Waals surface area contributed by atoms with Crippen molar-refractivity contribution in [3.8, 4) is 0 Å². The van der Waals surface area contributed by atoms with Crippen molar-refractivity contribution in [2.45, 2.75) is 24.8 Å². The van der Waals surface area contributed by atoms with Gasteiger partial charge in [-0.1, -0.05) is 23.2 Å². The Balaban J connectivity index is 1.69. The van der Waals surface area contributed by atoms with Gasteiger partial charge >= 0.3 is 0 Å². The summed E-state index contributed by atoms with van der Waals surface area (Å²) in [6.45, 7) is 5.89. The van der Waals surface area contributed by atoms with Gasteiger partial charge in [0.2, 0.25) is 10.0 Å². The Kier molecular flexibility index (Phi) is 6.25. The fourth-order valence-electron chi connectivity index (χ4n) is 3.06. The van der Waals surface area contributed by atoms with Crippen LogP contribution in [0.15, 0.2) is 35.5 Å². The Morgan fingerprint density at radius 2 is 1.88 bits per heavy atom. The van der Waals surface area contributed by atoms with E-state index in [0.717, 1.165) is 26.1 Å². The number of halogens is 2. The van der Waals surface area contributed by atoms with Gasteiger partial charge in [0, 0.05) is 43.6 Å². The van der Waals surface area contributed by atoms with Gasteiger partial charge in [0.25, 0.3) is 0 Å². The van der Waals surface area contributed by atoms with Crippen LogP contribution >= 0.6 is 23.2 Å². The van der Waals surface area contributed by atoms with Crippen molar-refractivity contribution in [2.75, 3.05) is 32.7 Å². The zero-order valence-corrected chi connectivity index (χ0v) is 16.9. The van der Waals surface area contributed by atoms with E-state index in [1.165, 1.54) is 10.4 Å². The highest BCUT2D eigenvalue weighted by atomic mass is 35.5. The molecule has 0 bridgehead atoms. The van der Waals surface area contributed by atoms with Gasteiger partial charge in [-0.15, -0.1) is 0 Å². The summed E-state index contributed by atoms with van der Waals surface area (Å²) in [5.74, 6) is 0. The van der Waals surface area contributed by atoms with Gasteiger partial charge in [-0.05, 0) is 43.7 Å². The van der Waals surface area contributed by atoms with E-state index in [1.807, 2.05) is 16.9 Å². The summed E-state index contributed by atoms with van der Waals surface area (Å²) in [5, 5.41) is 4.84. The molecule has 9 heteroatoms. The predicted molar refractivity (Wildman–Crippen MR) is 103 cm³/mol. The molecule has 0 saturated carbocycles. The van der Waals surface area contributed by atoms with Crippen molar-refractivity contribution in [1.82, 2.24) is 19.0 Å². The average Bonchev–Trinajstić information content (AvgIpc) is 2.99. The monoisotopic (exact) mass is 416 g/mol. The van der Waals surface area contributed by atoms with E-state index in [9.17, 15) is 8.42 Å². The molecule has 142 valence electrons. The minimum Gasteiger partial charge on any atom is -0.300 e. The van der Waals surface area contributed by atoms with Crippen molar-refractivity contribution in [2.24, 2.45) is 0 Å². The molecular weight excluding hydrogens is 395 g/mol. The molecule has 3 rings (SSSR count). The van der Waals surface area contributed by atoms with Gasteiger partial charge in [-0.3, -0.25) is 4.68 Å². The number of hydrogen-bond acceptors (Lipinski definition) is 4. The van der Waals surface area contributed by atoms with E-state index in [-0.39, 0.29) is 9.92 Å².